The first-order valence-corrected chi connectivity index (χ1v) is 8.53. The van der Waals surface area contributed by atoms with Gasteiger partial charge in [-0.3, -0.25) is 4.79 Å². The standard InChI is InChI=1S/C22H16FN4O/c1-3-21(28)26-17-6-4-5-14(9-17)16-10-18-19(13-27(2)22(18)25-12-16)15-7-8-24-20(23)11-15/h3-13H,1-2H2,(H,26,28). The van der Waals surface area contributed by atoms with E-state index in [1.54, 1.807) is 22.9 Å². The van der Waals surface area contributed by atoms with Crippen LogP contribution in [0.1, 0.15) is 0 Å². The first-order valence-electron chi connectivity index (χ1n) is 8.53. The predicted octanol–water partition coefficient (Wildman–Crippen LogP) is 4.67. The number of fused-ring (bicyclic) bond motifs is 1. The first-order chi connectivity index (χ1) is 13.5. The molecule has 3 aromatic heterocycles. The third-order valence-corrected chi connectivity index (χ3v) is 4.40. The monoisotopic (exact) mass is 371 g/mol. The summed E-state index contributed by atoms with van der Waals surface area (Å²) in [6.45, 7) is 3.46. The van der Waals surface area contributed by atoms with Crippen molar-refractivity contribution in [2.24, 2.45) is 0 Å². The Balaban J connectivity index is 1.82. The lowest BCUT2D eigenvalue weighted by molar-refractivity contribution is -0.111. The maximum Gasteiger partial charge on any atom is 0.247 e. The zero-order valence-electron chi connectivity index (χ0n) is 14.9. The molecule has 1 aromatic carbocycles. The van der Waals surface area contributed by atoms with E-state index in [1.165, 1.54) is 18.3 Å². The van der Waals surface area contributed by atoms with Crippen LogP contribution >= 0.6 is 0 Å². The SMILES string of the molecule is [CH2]n1cc(-c2ccnc(F)c2)c2cc(-c3cccc(NC(=O)C=C)c3)cnc21. The first kappa shape index (κ1) is 17.6. The van der Waals surface area contributed by atoms with Gasteiger partial charge in [-0.1, -0.05) is 18.7 Å². The minimum Gasteiger partial charge on any atom is -0.330 e. The van der Waals surface area contributed by atoms with Crippen molar-refractivity contribution in [3.05, 3.63) is 86.7 Å². The van der Waals surface area contributed by atoms with E-state index in [0.29, 0.717) is 16.9 Å². The maximum atomic E-state index is 13.6. The summed E-state index contributed by atoms with van der Waals surface area (Å²) in [5.74, 6) is -0.820. The van der Waals surface area contributed by atoms with Crippen LogP contribution in [0.2, 0.25) is 0 Å². The number of benzene rings is 1. The fraction of sp³-hybridized carbons (Fsp3) is 0. The number of carbonyl (C=O) groups is 1. The summed E-state index contributed by atoms with van der Waals surface area (Å²) in [4.78, 5) is 19.7. The molecule has 0 bridgehead atoms. The highest BCUT2D eigenvalue weighted by Crippen LogP contribution is 2.33. The molecule has 6 heteroatoms. The number of pyridine rings is 2. The Morgan fingerprint density at radius 3 is 2.75 bits per heavy atom. The summed E-state index contributed by atoms with van der Waals surface area (Å²) in [5.41, 5.74) is 4.62. The second-order valence-electron chi connectivity index (χ2n) is 6.25. The summed E-state index contributed by atoms with van der Waals surface area (Å²) in [7, 11) is 3.96. The summed E-state index contributed by atoms with van der Waals surface area (Å²) in [6.07, 6.45) is 6.21. The molecule has 137 valence electrons. The average Bonchev–Trinajstić information content (AvgIpc) is 3.04. The molecule has 4 rings (SSSR count). The van der Waals surface area contributed by atoms with Gasteiger partial charge >= 0.3 is 0 Å². The van der Waals surface area contributed by atoms with Crippen LogP contribution in [0.3, 0.4) is 0 Å². The average molecular weight is 371 g/mol. The van der Waals surface area contributed by atoms with E-state index in [1.807, 2.05) is 30.5 Å². The largest absolute Gasteiger partial charge is 0.330 e. The molecular weight excluding hydrogens is 355 g/mol. The van der Waals surface area contributed by atoms with Crippen LogP contribution in [0.4, 0.5) is 10.1 Å². The molecule has 1 radical (unpaired) electrons. The molecule has 1 amide bonds. The summed E-state index contributed by atoms with van der Waals surface area (Å²) in [6, 6.07) is 12.5. The second kappa shape index (κ2) is 7.08. The van der Waals surface area contributed by atoms with Crippen molar-refractivity contribution < 1.29 is 9.18 Å². The van der Waals surface area contributed by atoms with Gasteiger partial charge in [0.2, 0.25) is 11.9 Å². The van der Waals surface area contributed by atoms with Gasteiger partial charge < -0.3 is 9.88 Å². The van der Waals surface area contributed by atoms with Gasteiger partial charge in [0.1, 0.15) is 5.65 Å². The van der Waals surface area contributed by atoms with Crippen molar-refractivity contribution in [2.45, 2.75) is 0 Å². The molecule has 1 N–H and O–H groups in total. The Morgan fingerprint density at radius 2 is 1.96 bits per heavy atom. The summed E-state index contributed by atoms with van der Waals surface area (Å²) in [5, 5.41) is 3.59. The lowest BCUT2D eigenvalue weighted by Crippen LogP contribution is -2.06. The Bertz CT molecular complexity index is 1210. The van der Waals surface area contributed by atoms with E-state index < -0.39 is 5.95 Å². The predicted molar refractivity (Wildman–Crippen MR) is 108 cm³/mol. The minimum atomic E-state index is -0.544. The van der Waals surface area contributed by atoms with E-state index in [0.717, 1.165) is 22.1 Å². The molecule has 0 saturated heterocycles. The van der Waals surface area contributed by atoms with Crippen LogP contribution < -0.4 is 5.32 Å². The highest BCUT2D eigenvalue weighted by atomic mass is 19.1. The number of halogens is 1. The number of hydrogen-bond acceptors (Lipinski definition) is 3. The Labute approximate surface area is 161 Å². The molecule has 4 aromatic rings. The van der Waals surface area contributed by atoms with Crippen LogP contribution in [-0.4, -0.2) is 20.4 Å². The van der Waals surface area contributed by atoms with Gasteiger partial charge in [0.15, 0.2) is 0 Å². The Morgan fingerprint density at radius 1 is 1.11 bits per heavy atom. The molecular formula is C22H16FN4O. The number of hydrogen-bond donors (Lipinski definition) is 1. The van der Waals surface area contributed by atoms with Crippen LogP contribution in [0.5, 0.6) is 0 Å². The smallest absolute Gasteiger partial charge is 0.247 e. The lowest BCUT2D eigenvalue weighted by atomic mass is 10.0. The molecule has 0 spiro atoms. The lowest BCUT2D eigenvalue weighted by Gasteiger charge is -2.07. The van der Waals surface area contributed by atoms with Gasteiger partial charge in [-0.05, 0) is 41.5 Å². The number of nitrogens with one attached hydrogen (secondary N) is 1. The minimum absolute atomic E-state index is 0.276. The fourth-order valence-corrected chi connectivity index (χ4v) is 3.10. The molecule has 0 fully saturated rings. The second-order valence-corrected chi connectivity index (χ2v) is 6.25. The number of aromatic nitrogens is 3. The molecule has 0 saturated carbocycles. The Kier molecular flexibility index (Phi) is 4.45. The van der Waals surface area contributed by atoms with Gasteiger partial charge in [-0.2, -0.15) is 4.39 Å². The number of carbonyl (C=O) groups excluding carboxylic acids is 1. The van der Waals surface area contributed by atoms with E-state index in [-0.39, 0.29) is 5.91 Å². The van der Waals surface area contributed by atoms with E-state index in [9.17, 15) is 9.18 Å². The van der Waals surface area contributed by atoms with E-state index >= 15 is 0 Å². The quantitative estimate of drug-likeness (QED) is 0.419. The molecule has 0 atom stereocenters. The third kappa shape index (κ3) is 3.27. The molecule has 5 nitrogen and oxygen atoms in total. The van der Waals surface area contributed by atoms with Crippen molar-refractivity contribution in [3.63, 3.8) is 0 Å². The highest BCUT2D eigenvalue weighted by molar-refractivity contribution is 6.00. The summed E-state index contributed by atoms with van der Waals surface area (Å²) >= 11 is 0. The molecule has 0 aliphatic carbocycles. The van der Waals surface area contributed by atoms with Crippen molar-refractivity contribution in [1.82, 2.24) is 14.5 Å². The highest BCUT2D eigenvalue weighted by Gasteiger charge is 2.12. The van der Waals surface area contributed by atoms with Crippen molar-refractivity contribution in [2.75, 3.05) is 5.32 Å². The third-order valence-electron chi connectivity index (χ3n) is 4.40. The number of nitrogens with zero attached hydrogens (tertiary/aromatic N) is 3. The number of amides is 1. The van der Waals surface area contributed by atoms with Crippen LogP contribution in [0.25, 0.3) is 33.3 Å². The van der Waals surface area contributed by atoms with Gasteiger partial charge in [-0.15, -0.1) is 0 Å². The van der Waals surface area contributed by atoms with E-state index in [2.05, 4.69) is 28.9 Å². The van der Waals surface area contributed by atoms with Crippen molar-refractivity contribution in [3.8, 4) is 22.3 Å². The van der Waals surface area contributed by atoms with Gasteiger partial charge in [0.25, 0.3) is 0 Å². The van der Waals surface area contributed by atoms with Crippen LogP contribution in [0.15, 0.2) is 73.7 Å². The van der Waals surface area contributed by atoms with Crippen molar-refractivity contribution in [1.29, 1.82) is 0 Å². The zero-order valence-corrected chi connectivity index (χ0v) is 14.9. The Hall–Kier alpha value is -3.80. The topological polar surface area (TPSA) is 59.8 Å². The van der Waals surface area contributed by atoms with Crippen LogP contribution in [-0.2, 0) is 4.79 Å². The molecule has 0 aliphatic heterocycles. The van der Waals surface area contributed by atoms with Gasteiger partial charge in [-0.25, -0.2) is 9.97 Å². The summed E-state index contributed by atoms with van der Waals surface area (Å²) < 4.78 is 15.3. The van der Waals surface area contributed by atoms with E-state index in [4.69, 9.17) is 0 Å². The number of rotatable bonds is 4. The van der Waals surface area contributed by atoms with Gasteiger partial charge in [0.05, 0.1) is 0 Å². The van der Waals surface area contributed by atoms with Crippen LogP contribution in [0, 0.1) is 13.0 Å². The molecule has 0 unspecified atom stereocenters. The molecule has 28 heavy (non-hydrogen) atoms. The van der Waals surface area contributed by atoms with Crippen molar-refractivity contribution >= 4 is 22.6 Å². The van der Waals surface area contributed by atoms with Gasteiger partial charge in [0, 0.05) is 53.9 Å². The molecule has 0 aliphatic rings. The number of anilines is 1. The normalized spacial score (nSPS) is 10.8. The maximum absolute atomic E-state index is 13.6. The zero-order chi connectivity index (χ0) is 19.7. The fourth-order valence-electron chi connectivity index (χ4n) is 3.10. The molecule has 3 heterocycles.